The summed E-state index contributed by atoms with van der Waals surface area (Å²) in [5.74, 6) is 1.00. The van der Waals surface area contributed by atoms with Gasteiger partial charge in [0.25, 0.3) is 20.2 Å². The SMILES string of the molecule is CCC(C)=c1ccc2c(c1)Oc1cc(N(CC)CC)ccc1C=2c1ccc(S(=O)(=O)O)cc1S(=O)(=O)O. The van der Waals surface area contributed by atoms with Crippen LogP contribution in [-0.2, 0) is 20.2 Å². The predicted octanol–water partition coefficient (Wildman–Crippen LogP) is 3.96. The van der Waals surface area contributed by atoms with Gasteiger partial charge in [-0.25, -0.2) is 0 Å². The van der Waals surface area contributed by atoms with Crippen LogP contribution in [0.15, 0.2) is 64.4 Å². The smallest absolute Gasteiger partial charge is 0.295 e. The van der Waals surface area contributed by atoms with Crippen LogP contribution in [-0.4, -0.2) is 39.0 Å². The molecule has 0 radical (unpaired) electrons. The molecule has 0 aromatic heterocycles. The molecule has 2 N–H and O–H groups in total. The van der Waals surface area contributed by atoms with Crippen molar-refractivity contribution in [3.63, 3.8) is 0 Å². The van der Waals surface area contributed by atoms with E-state index < -0.39 is 30.0 Å². The first kappa shape index (κ1) is 26.9. The first-order valence-electron chi connectivity index (χ1n) is 11.9. The highest BCUT2D eigenvalue weighted by atomic mass is 32.2. The molecule has 1 aliphatic heterocycles. The molecule has 0 aliphatic carbocycles. The van der Waals surface area contributed by atoms with Crippen molar-refractivity contribution < 1.29 is 30.7 Å². The maximum absolute atomic E-state index is 12.4. The lowest BCUT2D eigenvalue weighted by molar-refractivity contribution is 0.470. The van der Waals surface area contributed by atoms with Crippen LogP contribution >= 0.6 is 0 Å². The Morgan fingerprint density at radius 3 is 2.08 bits per heavy atom. The van der Waals surface area contributed by atoms with Crippen LogP contribution in [0.25, 0.3) is 11.1 Å². The fourth-order valence-electron chi connectivity index (χ4n) is 4.51. The normalized spacial score (nSPS) is 13.9. The van der Waals surface area contributed by atoms with Crippen LogP contribution in [0.3, 0.4) is 0 Å². The second kappa shape index (κ2) is 9.94. The number of hydrogen-bond acceptors (Lipinski definition) is 6. The van der Waals surface area contributed by atoms with Gasteiger partial charge in [-0.15, -0.1) is 0 Å². The second-order valence-corrected chi connectivity index (χ2v) is 11.6. The minimum absolute atomic E-state index is 0.0835. The van der Waals surface area contributed by atoms with E-state index >= 15 is 0 Å². The summed E-state index contributed by atoms with van der Waals surface area (Å²) in [6, 6.07) is 14.4. The third kappa shape index (κ3) is 5.15. The lowest BCUT2D eigenvalue weighted by Gasteiger charge is -2.26. The van der Waals surface area contributed by atoms with Gasteiger partial charge in [0.2, 0.25) is 0 Å². The summed E-state index contributed by atoms with van der Waals surface area (Å²) in [5, 5.41) is 1.56. The molecule has 0 fully saturated rings. The molecule has 0 amide bonds. The van der Waals surface area contributed by atoms with Crippen LogP contribution in [0, 0.1) is 0 Å². The van der Waals surface area contributed by atoms with Crippen LogP contribution < -0.4 is 20.1 Å². The molecule has 3 aromatic rings. The van der Waals surface area contributed by atoms with E-state index in [4.69, 9.17) is 4.74 Å². The van der Waals surface area contributed by atoms with Crippen LogP contribution in [0.1, 0.15) is 45.2 Å². The van der Waals surface area contributed by atoms with Crippen molar-refractivity contribution in [1.82, 2.24) is 0 Å². The second-order valence-electron chi connectivity index (χ2n) is 8.78. The number of fused-ring (bicyclic) bond motifs is 2. The predicted molar refractivity (Wildman–Crippen MR) is 143 cm³/mol. The van der Waals surface area contributed by atoms with Crippen molar-refractivity contribution in [3.05, 3.63) is 76.2 Å². The Bertz CT molecular complexity index is 1720. The van der Waals surface area contributed by atoms with Crippen LogP contribution in [0.5, 0.6) is 11.5 Å². The van der Waals surface area contributed by atoms with E-state index in [-0.39, 0.29) is 5.56 Å². The largest absolute Gasteiger partial charge is 0.456 e. The average molecular weight is 544 g/mol. The van der Waals surface area contributed by atoms with E-state index in [0.29, 0.717) is 27.9 Å². The minimum Gasteiger partial charge on any atom is -0.456 e. The number of anilines is 1. The van der Waals surface area contributed by atoms with Crippen molar-refractivity contribution >= 4 is 37.1 Å². The van der Waals surface area contributed by atoms with Gasteiger partial charge in [0.15, 0.2) is 0 Å². The summed E-state index contributed by atoms with van der Waals surface area (Å²) < 4.78 is 74.2. The van der Waals surface area contributed by atoms with Gasteiger partial charge >= 0.3 is 0 Å². The van der Waals surface area contributed by atoms with Gasteiger partial charge in [-0.05, 0) is 68.8 Å². The highest BCUT2D eigenvalue weighted by Crippen LogP contribution is 2.40. The van der Waals surface area contributed by atoms with Crippen molar-refractivity contribution in [3.8, 4) is 11.5 Å². The van der Waals surface area contributed by atoms with Crippen LogP contribution in [0.2, 0.25) is 0 Å². The Morgan fingerprint density at radius 1 is 0.811 bits per heavy atom. The summed E-state index contributed by atoms with van der Waals surface area (Å²) in [6.45, 7) is 9.71. The lowest BCUT2D eigenvalue weighted by atomic mass is 9.92. The molecule has 1 aliphatic rings. The quantitative estimate of drug-likeness (QED) is 0.336. The summed E-state index contributed by atoms with van der Waals surface area (Å²) in [4.78, 5) is 0.872. The molecular weight excluding hydrogens is 514 g/mol. The molecule has 0 saturated carbocycles. The first-order chi connectivity index (χ1) is 17.4. The van der Waals surface area contributed by atoms with E-state index in [1.165, 1.54) is 6.07 Å². The third-order valence-electron chi connectivity index (χ3n) is 6.66. The maximum Gasteiger partial charge on any atom is 0.295 e. The molecular formula is C27H29NO7S2. The monoisotopic (exact) mass is 543 g/mol. The van der Waals surface area contributed by atoms with Crippen molar-refractivity contribution in [2.24, 2.45) is 0 Å². The number of ether oxygens (including phenoxy) is 1. The first-order valence-corrected chi connectivity index (χ1v) is 14.8. The Balaban J connectivity index is 2.14. The van der Waals surface area contributed by atoms with E-state index in [2.05, 4.69) is 4.90 Å². The Morgan fingerprint density at radius 2 is 1.49 bits per heavy atom. The molecule has 0 bridgehead atoms. The standard InChI is InChI=1S/C27H29NO7S2/c1-5-17(4)18-8-11-21-24(14-18)35-25-15-19(28(6-2)7-3)9-12-22(25)27(21)23-13-10-20(36(29,30)31)16-26(23)37(32,33)34/h8-16H,5-7H2,1-4H3,(H,29,30,31)(H,32,33,34). The molecule has 10 heteroatoms. The molecule has 0 saturated heterocycles. The number of benzene rings is 3. The molecule has 1 heterocycles. The molecule has 8 nitrogen and oxygen atoms in total. The Labute approximate surface area is 217 Å². The van der Waals surface area contributed by atoms with Gasteiger partial charge in [0.1, 0.15) is 16.4 Å². The van der Waals surface area contributed by atoms with Gasteiger partial charge < -0.3 is 9.64 Å². The Hall–Kier alpha value is -3.18. The lowest BCUT2D eigenvalue weighted by Crippen LogP contribution is -2.24. The highest BCUT2D eigenvalue weighted by Gasteiger charge is 2.28. The van der Waals surface area contributed by atoms with Gasteiger partial charge in [-0.2, -0.15) is 16.8 Å². The fraction of sp³-hybridized carbons (Fsp3) is 0.259. The minimum atomic E-state index is -4.88. The van der Waals surface area contributed by atoms with Crippen molar-refractivity contribution in [2.75, 3.05) is 18.0 Å². The zero-order chi connectivity index (χ0) is 27.1. The summed E-state index contributed by atoms with van der Waals surface area (Å²) in [5.41, 5.74) is 3.19. The molecule has 0 spiro atoms. The zero-order valence-corrected chi connectivity index (χ0v) is 22.6. The van der Waals surface area contributed by atoms with E-state index in [9.17, 15) is 25.9 Å². The van der Waals surface area contributed by atoms with E-state index in [1.54, 1.807) is 0 Å². The number of hydrogen-bond donors (Lipinski definition) is 2. The topological polar surface area (TPSA) is 121 Å². The van der Waals surface area contributed by atoms with E-state index in [1.807, 2.05) is 64.1 Å². The molecule has 37 heavy (non-hydrogen) atoms. The molecule has 196 valence electrons. The molecule has 4 rings (SSSR count). The van der Waals surface area contributed by atoms with Gasteiger partial charge in [-0.1, -0.05) is 24.6 Å². The maximum atomic E-state index is 12.4. The van der Waals surface area contributed by atoms with Gasteiger partial charge in [-0.3, -0.25) is 9.11 Å². The molecule has 0 unspecified atom stereocenters. The zero-order valence-electron chi connectivity index (χ0n) is 21.0. The molecule has 0 atom stereocenters. The van der Waals surface area contributed by atoms with Crippen LogP contribution in [0.4, 0.5) is 5.69 Å². The summed E-state index contributed by atoms with van der Waals surface area (Å²) in [7, 11) is -9.59. The van der Waals surface area contributed by atoms with E-state index in [0.717, 1.165) is 48.1 Å². The Kier molecular flexibility index (Phi) is 7.22. The van der Waals surface area contributed by atoms with Gasteiger partial charge in [0, 0.05) is 46.8 Å². The number of rotatable bonds is 7. The highest BCUT2D eigenvalue weighted by molar-refractivity contribution is 7.86. The van der Waals surface area contributed by atoms with Crippen molar-refractivity contribution in [2.45, 2.75) is 43.9 Å². The number of nitrogens with zero attached hydrogens (tertiary/aromatic N) is 1. The summed E-state index contributed by atoms with van der Waals surface area (Å²) >= 11 is 0. The van der Waals surface area contributed by atoms with Gasteiger partial charge in [0.05, 0.1) is 4.90 Å². The average Bonchev–Trinajstić information content (AvgIpc) is 2.85. The van der Waals surface area contributed by atoms with Crippen molar-refractivity contribution in [1.29, 1.82) is 0 Å². The molecule has 3 aromatic carbocycles. The summed E-state index contributed by atoms with van der Waals surface area (Å²) in [6.07, 6.45) is 0.835. The third-order valence-corrected chi connectivity index (χ3v) is 8.40. The fourth-order valence-corrected chi connectivity index (χ4v) is 5.81.